The van der Waals surface area contributed by atoms with Gasteiger partial charge in [-0.3, -0.25) is 9.59 Å². The van der Waals surface area contributed by atoms with Crippen LogP contribution in [0.2, 0.25) is 0 Å². The Morgan fingerprint density at radius 2 is 1.74 bits per heavy atom. The van der Waals surface area contributed by atoms with Crippen LogP contribution in [0.15, 0.2) is 53.0 Å². The summed E-state index contributed by atoms with van der Waals surface area (Å²) in [6.07, 6.45) is 0. The van der Waals surface area contributed by atoms with E-state index in [2.05, 4.69) is 26.6 Å². The van der Waals surface area contributed by atoms with Crippen LogP contribution in [0, 0.1) is 19.7 Å². The second kappa shape index (κ2) is 8.02. The van der Waals surface area contributed by atoms with Gasteiger partial charge in [-0.25, -0.2) is 4.39 Å². The van der Waals surface area contributed by atoms with Crippen molar-refractivity contribution >= 4 is 49.8 Å². The van der Waals surface area contributed by atoms with E-state index in [1.807, 2.05) is 25.1 Å². The van der Waals surface area contributed by atoms with Gasteiger partial charge >= 0.3 is 0 Å². The number of anilines is 2. The van der Waals surface area contributed by atoms with Crippen molar-refractivity contribution in [3.05, 3.63) is 80.4 Å². The molecule has 0 fully saturated rings. The van der Waals surface area contributed by atoms with Gasteiger partial charge in [-0.2, -0.15) is 0 Å². The lowest BCUT2D eigenvalue weighted by Crippen LogP contribution is -2.12. The van der Waals surface area contributed by atoms with Crippen molar-refractivity contribution in [2.45, 2.75) is 13.8 Å². The first-order valence-electron chi connectivity index (χ1n) is 8.08. The zero-order valence-corrected chi connectivity index (χ0v) is 17.0. The van der Waals surface area contributed by atoms with Gasteiger partial charge in [0.25, 0.3) is 11.8 Å². The lowest BCUT2D eigenvalue weighted by molar-refractivity contribution is 0.101. The molecule has 3 rings (SSSR count). The van der Waals surface area contributed by atoms with Crippen molar-refractivity contribution in [2.24, 2.45) is 0 Å². The Morgan fingerprint density at radius 3 is 2.44 bits per heavy atom. The molecule has 4 nitrogen and oxygen atoms in total. The molecule has 0 aliphatic carbocycles. The van der Waals surface area contributed by atoms with E-state index in [4.69, 9.17) is 0 Å². The fraction of sp³-hybridized carbons (Fsp3) is 0.100. The van der Waals surface area contributed by atoms with E-state index in [0.717, 1.165) is 21.3 Å². The zero-order valence-electron chi connectivity index (χ0n) is 14.6. The Morgan fingerprint density at radius 1 is 0.963 bits per heavy atom. The molecular weight excluding hydrogens is 431 g/mol. The molecule has 0 saturated heterocycles. The number of rotatable bonds is 4. The molecule has 0 unspecified atom stereocenters. The third kappa shape index (κ3) is 4.61. The molecule has 0 spiro atoms. The summed E-state index contributed by atoms with van der Waals surface area (Å²) in [6.45, 7) is 3.71. The second-order valence-electron chi connectivity index (χ2n) is 6.00. The molecule has 1 heterocycles. The second-order valence-corrected chi connectivity index (χ2v) is 7.97. The van der Waals surface area contributed by atoms with Gasteiger partial charge in [0.15, 0.2) is 0 Å². The van der Waals surface area contributed by atoms with Crippen LogP contribution in [0.3, 0.4) is 0 Å². The first-order valence-corrected chi connectivity index (χ1v) is 9.69. The van der Waals surface area contributed by atoms with Crippen molar-refractivity contribution in [3.8, 4) is 0 Å². The summed E-state index contributed by atoms with van der Waals surface area (Å²) >= 11 is 4.57. The summed E-state index contributed by atoms with van der Waals surface area (Å²) in [5.74, 6) is -1.14. The van der Waals surface area contributed by atoms with Crippen LogP contribution in [0.25, 0.3) is 0 Å². The Labute approximate surface area is 168 Å². The third-order valence-electron chi connectivity index (χ3n) is 3.88. The molecule has 0 radical (unpaired) electrons. The van der Waals surface area contributed by atoms with Crippen LogP contribution in [-0.4, -0.2) is 11.8 Å². The van der Waals surface area contributed by atoms with Crippen LogP contribution >= 0.6 is 27.3 Å². The highest BCUT2D eigenvalue weighted by Crippen LogP contribution is 2.29. The Bertz CT molecular complexity index is 1030. The van der Waals surface area contributed by atoms with Gasteiger partial charge in [-0.1, -0.05) is 22.0 Å². The molecule has 3 aromatic rings. The number of carbonyl (C=O) groups excluding carboxylic acids is 2. The van der Waals surface area contributed by atoms with Gasteiger partial charge in [0.1, 0.15) is 5.82 Å². The molecule has 0 bridgehead atoms. The fourth-order valence-electron chi connectivity index (χ4n) is 2.53. The standard InChI is InChI=1S/C20H16BrFN2O2S/c1-11-8-14(21)6-7-16(11)23-20(26)18-12(2)9-17(27-18)24-19(25)13-4-3-5-15(22)10-13/h3-10H,1-2H3,(H,23,26)(H,24,25). The van der Waals surface area contributed by atoms with E-state index in [9.17, 15) is 14.0 Å². The summed E-state index contributed by atoms with van der Waals surface area (Å²) < 4.78 is 14.2. The maximum absolute atomic E-state index is 13.3. The number of benzene rings is 2. The maximum Gasteiger partial charge on any atom is 0.266 e. The molecule has 7 heteroatoms. The molecule has 0 saturated carbocycles. The lowest BCUT2D eigenvalue weighted by Gasteiger charge is -2.08. The highest BCUT2D eigenvalue weighted by Gasteiger charge is 2.16. The number of nitrogens with one attached hydrogen (secondary N) is 2. The van der Waals surface area contributed by atoms with E-state index in [-0.39, 0.29) is 11.5 Å². The number of amides is 2. The molecule has 2 amide bonds. The van der Waals surface area contributed by atoms with E-state index < -0.39 is 11.7 Å². The molecule has 27 heavy (non-hydrogen) atoms. The Balaban J connectivity index is 1.75. The average molecular weight is 447 g/mol. The zero-order chi connectivity index (χ0) is 19.6. The van der Waals surface area contributed by atoms with Gasteiger partial charge in [-0.05, 0) is 67.4 Å². The van der Waals surface area contributed by atoms with Gasteiger partial charge in [0.05, 0.1) is 9.88 Å². The summed E-state index contributed by atoms with van der Waals surface area (Å²) in [5, 5.41) is 6.13. The molecule has 2 aromatic carbocycles. The fourth-order valence-corrected chi connectivity index (χ4v) is 3.97. The van der Waals surface area contributed by atoms with E-state index >= 15 is 0 Å². The summed E-state index contributed by atoms with van der Waals surface area (Å²) in [4.78, 5) is 25.4. The van der Waals surface area contributed by atoms with Crippen molar-refractivity contribution in [3.63, 3.8) is 0 Å². The van der Waals surface area contributed by atoms with E-state index in [1.165, 1.54) is 35.6 Å². The smallest absolute Gasteiger partial charge is 0.266 e. The summed E-state index contributed by atoms with van der Waals surface area (Å²) in [5.41, 5.74) is 2.63. The van der Waals surface area contributed by atoms with Gasteiger partial charge in [0, 0.05) is 15.7 Å². The third-order valence-corrected chi connectivity index (χ3v) is 5.53. The maximum atomic E-state index is 13.3. The van der Waals surface area contributed by atoms with Gasteiger partial charge in [-0.15, -0.1) is 11.3 Å². The van der Waals surface area contributed by atoms with Gasteiger partial charge < -0.3 is 10.6 Å². The lowest BCUT2D eigenvalue weighted by atomic mass is 10.2. The van der Waals surface area contributed by atoms with Crippen LogP contribution in [-0.2, 0) is 0 Å². The molecule has 138 valence electrons. The first kappa shape index (κ1) is 19.3. The highest BCUT2D eigenvalue weighted by molar-refractivity contribution is 9.10. The molecular formula is C20H16BrFN2O2S. The predicted molar refractivity (Wildman–Crippen MR) is 110 cm³/mol. The van der Waals surface area contributed by atoms with Crippen molar-refractivity contribution in [1.82, 2.24) is 0 Å². The quantitative estimate of drug-likeness (QED) is 0.534. The van der Waals surface area contributed by atoms with Crippen LogP contribution in [0.5, 0.6) is 0 Å². The number of carbonyl (C=O) groups is 2. The predicted octanol–water partition coefficient (Wildman–Crippen LogP) is 5.77. The van der Waals surface area contributed by atoms with E-state index in [0.29, 0.717) is 9.88 Å². The molecule has 2 N–H and O–H groups in total. The largest absolute Gasteiger partial charge is 0.321 e. The monoisotopic (exact) mass is 446 g/mol. The summed E-state index contributed by atoms with van der Waals surface area (Å²) in [7, 11) is 0. The minimum atomic E-state index is -0.477. The SMILES string of the molecule is Cc1cc(Br)ccc1NC(=O)c1sc(NC(=O)c2cccc(F)c2)cc1C. The molecule has 0 aliphatic rings. The molecule has 0 aliphatic heterocycles. The number of halogens is 2. The summed E-state index contributed by atoms with van der Waals surface area (Å²) in [6, 6.07) is 12.8. The van der Waals surface area contributed by atoms with Crippen LogP contribution in [0.1, 0.15) is 31.2 Å². The molecule has 1 aromatic heterocycles. The van der Waals surface area contributed by atoms with Crippen molar-refractivity contribution < 1.29 is 14.0 Å². The number of aryl methyl sites for hydroxylation is 2. The van der Waals surface area contributed by atoms with E-state index in [1.54, 1.807) is 13.0 Å². The topological polar surface area (TPSA) is 58.2 Å². The van der Waals surface area contributed by atoms with Gasteiger partial charge in [0.2, 0.25) is 0 Å². The highest BCUT2D eigenvalue weighted by atomic mass is 79.9. The van der Waals surface area contributed by atoms with Crippen molar-refractivity contribution in [2.75, 3.05) is 10.6 Å². The van der Waals surface area contributed by atoms with Crippen molar-refractivity contribution in [1.29, 1.82) is 0 Å². The molecule has 0 atom stereocenters. The van der Waals surface area contributed by atoms with Crippen LogP contribution in [0.4, 0.5) is 15.1 Å². The minimum Gasteiger partial charge on any atom is -0.321 e. The minimum absolute atomic E-state index is 0.220. The number of thiophene rings is 1. The Kier molecular flexibility index (Phi) is 5.72. The van der Waals surface area contributed by atoms with Crippen LogP contribution < -0.4 is 10.6 Å². The normalized spacial score (nSPS) is 10.5. The average Bonchev–Trinajstić information content (AvgIpc) is 2.97. The number of hydrogen-bond acceptors (Lipinski definition) is 3. The first-order chi connectivity index (χ1) is 12.8. The Hall–Kier alpha value is -2.51. The number of hydrogen-bond donors (Lipinski definition) is 2.